The number of hydrogen-bond donors (Lipinski definition) is 2. The van der Waals surface area contributed by atoms with Gasteiger partial charge in [-0.3, -0.25) is 0 Å². The molecule has 0 spiro atoms. The van der Waals surface area contributed by atoms with Gasteiger partial charge in [-0.2, -0.15) is 0 Å². The van der Waals surface area contributed by atoms with E-state index >= 15 is 0 Å². The highest BCUT2D eigenvalue weighted by molar-refractivity contribution is 6.32. The van der Waals surface area contributed by atoms with Crippen molar-refractivity contribution in [2.45, 2.75) is 26.3 Å². The van der Waals surface area contributed by atoms with E-state index in [0.29, 0.717) is 35.9 Å². The van der Waals surface area contributed by atoms with E-state index in [9.17, 15) is 0 Å². The summed E-state index contributed by atoms with van der Waals surface area (Å²) >= 11 is 5.96. The van der Waals surface area contributed by atoms with Crippen LogP contribution in [0, 0.1) is 0 Å². The molecule has 18 heavy (non-hydrogen) atoms. The summed E-state index contributed by atoms with van der Waals surface area (Å²) in [5.74, 6) is 1.12. The van der Waals surface area contributed by atoms with Gasteiger partial charge in [0.25, 0.3) is 0 Å². The van der Waals surface area contributed by atoms with Crippen molar-refractivity contribution in [2.75, 3.05) is 13.2 Å². The van der Waals surface area contributed by atoms with Crippen molar-refractivity contribution in [3.8, 4) is 5.75 Å². The lowest BCUT2D eigenvalue weighted by atomic mass is 10.3. The molecule has 0 radical (unpaired) electrons. The summed E-state index contributed by atoms with van der Waals surface area (Å²) in [5.41, 5.74) is 5.72. The van der Waals surface area contributed by atoms with Gasteiger partial charge in [-0.25, -0.2) is 4.99 Å². The lowest BCUT2D eigenvalue weighted by Crippen LogP contribution is -2.38. The van der Waals surface area contributed by atoms with E-state index in [4.69, 9.17) is 22.1 Å². The smallest absolute Gasteiger partial charge is 0.188 e. The van der Waals surface area contributed by atoms with Crippen LogP contribution in [0.1, 0.15) is 20.3 Å². The van der Waals surface area contributed by atoms with Gasteiger partial charge < -0.3 is 15.8 Å². The van der Waals surface area contributed by atoms with Crippen LogP contribution in [-0.2, 0) is 0 Å². The number of guanidine groups is 1. The molecule has 100 valence electrons. The molecule has 0 fully saturated rings. The summed E-state index contributed by atoms with van der Waals surface area (Å²) in [4.78, 5) is 4.17. The Bertz CT molecular complexity index is 396. The lowest BCUT2D eigenvalue weighted by Gasteiger charge is -2.11. The Labute approximate surface area is 113 Å². The van der Waals surface area contributed by atoms with Gasteiger partial charge in [-0.15, -0.1) is 0 Å². The van der Waals surface area contributed by atoms with E-state index < -0.39 is 0 Å². The Hall–Kier alpha value is -1.42. The first-order valence-corrected chi connectivity index (χ1v) is 6.45. The van der Waals surface area contributed by atoms with Crippen molar-refractivity contribution in [3.63, 3.8) is 0 Å². The minimum atomic E-state index is 0.332. The highest BCUT2D eigenvalue weighted by atomic mass is 35.5. The zero-order valence-corrected chi connectivity index (χ0v) is 11.6. The first kappa shape index (κ1) is 14.6. The molecule has 1 aromatic carbocycles. The minimum Gasteiger partial charge on any atom is -0.490 e. The molecule has 0 heterocycles. The number of nitrogens with two attached hydrogens (primary N) is 1. The summed E-state index contributed by atoms with van der Waals surface area (Å²) in [5, 5.41) is 3.69. The van der Waals surface area contributed by atoms with Gasteiger partial charge in [-0.05, 0) is 25.5 Å². The molecule has 1 atom stereocenters. The summed E-state index contributed by atoms with van der Waals surface area (Å²) < 4.78 is 5.50. The average Bonchev–Trinajstić information content (AvgIpc) is 2.36. The first-order chi connectivity index (χ1) is 8.63. The highest BCUT2D eigenvalue weighted by Gasteiger charge is 2.00. The molecule has 0 aliphatic rings. The van der Waals surface area contributed by atoms with Crippen molar-refractivity contribution in [1.29, 1.82) is 0 Å². The Morgan fingerprint density at radius 1 is 1.50 bits per heavy atom. The van der Waals surface area contributed by atoms with Crippen LogP contribution in [0.15, 0.2) is 29.3 Å². The van der Waals surface area contributed by atoms with Gasteiger partial charge in [0, 0.05) is 6.04 Å². The third-order valence-electron chi connectivity index (χ3n) is 2.47. The number of halogens is 1. The first-order valence-electron chi connectivity index (χ1n) is 6.07. The average molecular weight is 270 g/mol. The summed E-state index contributed by atoms with van der Waals surface area (Å²) in [6, 6.07) is 7.69. The predicted octanol–water partition coefficient (Wildman–Crippen LogP) is 2.42. The van der Waals surface area contributed by atoms with Gasteiger partial charge in [0.1, 0.15) is 12.4 Å². The molecule has 0 saturated carbocycles. The van der Waals surface area contributed by atoms with E-state index in [2.05, 4.69) is 24.2 Å². The number of aliphatic imine (C=N–C) groups is 1. The van der Waals surface area contributed by atoms with Gasteiger partial charge in [-0.1, -0.05) is 30.7 Å². The monoisotopic (exact) mass is 269 g/mol. The van der Waals surface area contributed by atoms with Crippen molar-refractivity contribution >= 4 is 17.6 Å². The van der Waals surface area contributed by atoms with E-state index in [1.165, 1.54) is 0 Å². The maximum atomic E-state index is 5.96. The number of nitrogens with zero attached hydrogens (tertiary/aromatic N) is 1. The number of benzene rings is 1. The Morgan fingerprint density at radius 3 is 2.89 bits per heavy atom. The van der Waals surface area contributed by atoms with Crippen LogP contribution >= 0.6 is 11.6 Å². The topological polar surface area (TPSA) is 59.6 Å². The molecule has 0 saturated heterocycles. The van der Waals surface area contributed by atoms with Crippen molar-refractivity contribution < 1.29 is 4.74 Å². The molecular formula is C13H20ClN3O. The molecule has 0 aliphatic carbocycles. The Morgan fingerprint density at radius 2 is 2.22 bits per heavy atom. The minimum absolute atomic E-state index is 0.332. The van der Waals surface area contributed by atoms with Crippen molar-refractivity contribution in [2.24, 2.45) is 10.7 Å². The van der Waals surface area contributed by atoms with Crippen LogP contribution in [0.2, 0.25) is 5.02 Å². The quantitative estimate of drug-likeness (QED) is 0.474. The van der Waals surface area contributed by atoms with Crippen LogP contribution in [0.25, 0.3) is 0 Å². The molecule has 1 aromatic rings. The van der Waals surface area contributed by atoms with Gasteiger partial charge in [0.2, 0.25) is 0 Å². The predicted molar refractivity (Wildman–Crippen MR) is 76.3 cm³/mol. The standard InChI is InChI=1S/C13H20ClN3O/c1-3-10(2)17-13(15)16-8-9-18-12-7-5-4-6-11(12)14/h4-7,10H,3,8-9H2,1-2H3,(H3,15,16,17). The maximum absolute atomic E-state index is 5.96. The molecule has 0 amide bonds. The Kier molecular flexibility index (Phi) is 6.36. The fourth-order valence-corrected chi connectivity index (χ4v) is 1.47. The van der Waals surface area contributed by atoms with Crippen LogP contribution in [0.5, 0.6) is 5.75 Å². The molecule has 5 heteroatoms. The van der Waals surface area contributed by atoms with Crippen LogP contribution < -0.4 is 15.8 Å². The molecule has 1 rings (SSSR count). The van der Waals surface area contributed by atoms with Crippen molar-refractivity contribution in [3.05, 3.63) is 29.3 Å². The van der Waals surface area contributed by atoms with Crippen LogP contribution in [0.3, 0.4) is 0 Å². The molecular weight excluding hydrogens is 250 g/mol. The number of para-hydroxylation sites is 1. The van der Waals surface area contributed by atoms with E-state index in [1.54, 1.807) is 6.07 Å². The van der Waals surface area contributed by atoms with E-state index in [0.717, 1.165) is 6.42 Å². The second-order valence-corrected chi connectivity index (χ2v) is 4.41. The second-order valence-electron chi connectivity index (χ2n) is 4.00. The zero-order chi connectivity index (χ0) is 13.4. The SMILES string of the molecule is CCC(C)NC(N)=NCCOc1ccccc1Cl. The van der Waals surface area contributed by atoms with Crippen LogP contribution in [-0.4, -0.2) is 25.2 Å². The molecule has 1 unspecified atom stereocenters. The van der Waals surface area contributed by atoms with Gasteiger partial charge in [0.05, 0.1) is 11.6 Å². The molecule has 0 aliphatic heterocycles. The molecule has 0 aromatic heterocycles. The number of rotatable bonds is 6. The highest BCUT2D eigenvalue weighted by Crippen LogP contribution is 2.22. The number of ether oxygens (including phenoxy) is 1. The fraction of sp³-hybridized carbons (Fsp3) is 0.462. The summed E-state index contributed by atoms with van der Waals surface area (Å²) in [6.07, 6.45) is 1.01. The third-order valence-corrected chi connectivity index (χ3v) is 2.79. The largest absolute Gasteiger partial charge is 0.490 e. The van der Waals surface area contributed by atoms with E-state index in [-0.39, 0.29) is 0 Å². The fourth-order valence-electron chi connectivity index (χ4n) is 1.28. The lowest BCUT2D eigenvalue weighted by molar-refractivity contribution is 0.328. The second kappa shape index (κ2) is 7.82. The van der Waals surface area contributed by atoms with Gasteiger partial charge >= 0.3 is 0 Å². The molecule has 3 N–H and O–H groups in total. The zero-order valence-electron chi connectivity index (χ0n) is 10.8. The third kappa shape index (κ3) is 5.27. The van der Waals surface area contributed by atoms with E-state index in [1.807, 2.05) is 18.2 Å². The van der Waals surface area contributed by atoms with Crippen molar-refractivity contribution in [1.82, 2.24) is 5.32 Å². The normalized spacial score (nSPS) is 13.2. The molecule has 0 bridgehead atoms. The van der Waals surface area contributed by atoms with Crippen LogP contribution in [0.4, 0.5) is 0 Å². The number of nitrogens with one attached hydrogen (secondary N) is 1. The Balaban J connectivity index is 2.30. The van der Waals surface area contributed by atoms with Gasteiger partial charge in [0.15, 0.2) is 5.96 Å². The summed E-state index contributed by atoms with van der Waals surface area (Å²) in [7, 11) is 0. The molecule has 4 nitrogen and oxygen atoms in total. The maximum Gasteiger partial charge on any atom is 0.188 e. The number of hydrogen-bond acceptors (Lipinski definition) is 2. The summed E-state index contributed by atoms with van der Waals surface area (Å²) in [6.45, 7) is 5.10.